The number of carbonyl (C=O) groups is 2. The highest BCUT2D eigenvalue weighted by Gasteiger charge is 2.35. The summed E-state index contributed by atoms with van der Waals surface area (Å²) in [6.07, 6.45) is 2.53. The largest absolute Gasteiger partial charge is 0.480 e. The quantitative estimate of drug-likeness (QED) is 0.749. The molecule has 1 rings (SSSR count). The molecule has 1 amide bonds. The zero-order chi connectivity index (χ0) is 13.1. The van der Waals surface area contributed by atoms with Gasteiger partial charge in [-0.2, -0.15) is 0 Å². The number of hydrogen-bond acceptors (Lipinski definition) is 3. The van der Waals surface area contributed by atoms with Crippen molar-refractivity contribution in [2.24, 2.45) is 0 Å². The third-order valence-electron chi connectivity index (χ3n) is 3.50. The van der Waals surface area contributed by atoms with Crippen LogP contribution in [0.2, 0.25) is 0 Å². The molecule has 5 heteroatoms. The average molecular weight is 242 g/mol. The Labute approximate surface area is 102 Å². The van der Waals surface area contributed by atoms with E-state index in [-0.39, 0.29) is 5.91 Å². The minimum Gasteiger partial charge on any atom is -0.480 e. The standard InChI is InChI=1S/C12H22N2O3/c1-4-12(3,11(16)17)13-9(2)10(15)14-7-5-6-8-14/h9,13H,4-8H2,1-3H3,(H,16,17). The van der Waals surface area contributed by atoms with Crippen molar-refractivity contribution in [2.75, 3.05) is 13.1 Å². The van der Waals surface area contributed by atoms with Gasteiger partial charge in [-0.05, 0) is 33.1 Å². The third-order valence-corrected chi connectivity index (χ3v) is 3.50. The Kier molecular flexibility index (Phi) is 4.51. The monoisotopic (exact) mass is 242 g/mol. The Hall–Kier alpha value is -1.10. The SMILES string of the molecule is CCC(C)(NC(C)C(=O)N1CCCC1)C(=O)O. The lowest BCUT2D eigenvalue weighted by molar-refractivity contribution is -0.145. The van der Waals surface area contributed by atoms with Gasteiger partial charge in [-0.3, -0.25) is 14.9 Å². The molecule has 1 saturated heterocycles. The van der Waals surface area contributed by atoms with Crippen LogP contribution in [-0.2, 0) is 9.59 Å². The molecule has 1 aliphatic heterocycles. The number of carbonyl (C=O) groups excluding carboxylic acids is 1. The second-order valence-corrected chi connectivity index (χ2v) is 4.89. The van der Waals surface area contributed by atoms with E-state index >= 15 is 0 Å². The maximum absolute atomic E-state index is 12.0. The first-order valence-electron chi connectivity index (χ1n) is 6.20. The maximum Gasteiger partial charge on any atom is 0.323 e. The molecule has 1 aliphatic rings. The number of rotatable bonds is 5. The molecule has 0 aliphatic carbocycles. The van der Waals surface area contributed by atoms with Crippen LogP contribution in [0.25, 0.3) is 0 Å². The Morgan fingerprint density at radius 1 is 1.41 bits per heavy atom. The van der Waals surface area contributed by atoms with Gasteiger partial charge < -0.3 is 10.0 Å². The van der Waals surface area contributed by atoms with Crippen LogP contribution >= 0.6 is 0 Å². The van der Waals surface area contributed by atoms with E-state index in [1.165, 1.54) is 0 Å². The fourth-order valence-corrected chi connectivity index (χ4v) is 2.07. The predicted molar refractivity (Wildman–Crippen MR) is 64.7 cm³/mol. The molecule has 2 N–H and O–H groups in total. The number of carboxylic acids is 1. The molecular formula is C12H22N2O3. The van der Waals surface area contributed by atoms with Crippen LogP contribution in [0.1, 0.15) is 40.0 Å². The molecule has 98 valence electrons. The fourth-order valence-electron chi connectivity index (χ4n) is 2.07. The number of amides is 1. The average Bonchev–Trinajstić information content (AvgIpc) is 2.80. The molecule has 1 heterocycles. The van der Waals surface area contributed by atoms with Gasteiger partial charge in [0.2, 0.25) is 5.91 Å². The summed E-state index contributed by atoms with van der Waals surface area (Å²) in [5.74, 6) is -0.913. The van der Waals surface area contributed by atoms with Crippen molar-refractivity contribution in [3.63, 3.8) is 0 Å². The van der Waals surface area contributed by atoms with Crippen molar-refractivity contribution in [3.8, 4) is 0 Å². The van der Waals surface area contributed by atoms with E-state index in [1.807, 2.05) is 0 Å². The summed E-state index contributed by atoms with van der Waals surface area (Å²) < 4.78 is 0. The zero-order valence-electron chi connectivity index (χ0n) is 10.8. The van der Waals surface area contributed by atoms with E-state index in [1.54, 1.807) is 25.7 Å². The van der Waals surface area contributed by atoms with Crippen molar-refractivity contribution in [3.05, 3.63) is 0 Å². The summed E-state index contributed by atoms with van der Waals surface area (Å²) in [4.78, 5) is 25.0. The van der Waals surface area contributed by atoms with Gasteiger partial charge in [-0.25, -0.2) is 0 Å². The van der Waals surface area contributed by atoms with Gasteiger partial charge in [0.15, 0.2) is 0 Å². The molecule has 0 spiro atoms. The molecule has 2 atom stereocenters. The maximum atomic E-state index is 12.0. The van der Waals surface area contributed by atoms with Gasteiger partial charge in [0.1, 0.15) is 5.54 Å². The van der Waals surface area contributed by atoms with E-state index < -0.39 is 17.6 Å². The van der Waals surface area contributed by atoms with Crippen molar-refractivity contribution >= 4 is 11.9 Å². The Bertz CT molecular complexity index is 300. The first-order valence-corrected chi connectivity index (χ1v) is 6.20. The number of carboxylic acid groups (broad SMARTS) is 1. The number of aliphatic carboxylic acids is 1. The van der Waals surface area contributed by atoms with Crippen LogP contribution in [0, 0.1) is 0 Å². The van der Waals surface area contributed by atoms with Gasteiger partial charge in [-0.1, -0.05) is 6.92 Å². The highest BCUT2D eigenvalue weighted by Crippen LogP contribution is 2.14. The molecule has 1 fully saturated rings. The molecule has 0 aromatic carbocycles. The normalized spacial score (nSPS) is 21.0. The van der Waals surface area contributed by atoms with Gasteiger partial charge in [0.25, 0.3) is 0 Å². The summed E-state index contributed by atoms with van der Waals surface area (Å²) >= 11 is 0. The van der Waals surface area contributed by atoms with Crippen molar-refractivity contribution in [1.29, 1.82) is 0 Å². The third kappa shape index (κ3) is 3.19. The lowest BCUT2D eigenvalue weighted by atomic mass is 9.98. The van der Waals surface area contributed by atoms with E-state index in [0.29, 0.717) is 6.42 Å². The van der Waals surface area contributed by atoms with E-state index in [9.17, 15) is 9.59 Å². The Balaban J connectivity index is 2.60. The minimum absolute atomic E-state index is 0.00317. The number of hydrogen-bond donors (Lipinski definition) is 2. The molecule has 0 saturated carbocycles. The molecule has 0 bridgehead atoms. The molecule has 2 unspecified atom stereocenters. The summed E-state index contributed by atoms with van der Waals surface area (Å²) in [6, 6.07) is -0.450. The van der Waals surface area contributed by atoms with Gasteiger partial charge in [0.05, 0.1) is 6.04 Å². The lowest BCUT2D eigenvalue weighted by Gasteiger charge is -2.30. The second kappa shape index (κ2) is 5.49. The number of nitrogens with one attached hydrogen (secondary N) is 1. The summed E-state index contributed by atoms with van der Waals surface area (Å²) in [5, 5.41) is 12.1. The smallest absolute Gasteiger partial charge is 0.323 e. The fraction of sp³-hybridized carbons (Fsp3) is 0.833. The van der Waals surface area contributed by atoms with Crippen LogP contribution in [-0.4, -0.2) is 46.6 Å². The van der Waals surface area contributed by atoms with Crippen molar-refractivity contribution in [1.82, 2.24) is 10.2 Å². The zero-order valence-corrected chi connectivity index (χ0v) is 10.8. The Morgan fingerprint density at radius 2 is 1.94 bits per heavy atom. The molecular weight excluding hydrogens is 220 g/mol. The topological polar surface area (TPSA) is 69.6 Å². The molecule has 0 aromatic rings. The molecule has 5 nitrogen and oxygen atoms in total. The molecule has 17 heavy (non-hydrogen) atoms. The number of nitrogens with zero attached hydrogens (tertiary/aromatic N) is 1. The predicted octanol–water partition coefficient (Wildman–Crippen LogP) is 0.840. The number of likely N-dealkylation sites (tertiary alicyclic amines) is 1. The van der Waals surface area contributed by atoms with Crippen molar-refractivity contribution < 1.29 is 14.7 Å². The highest BCUT2D eigenvalue weighted by atomic mass is 16.4. The Morgan fingerprint density at radius 3 is 2.35 bits per heavy atom. The lowest BCUT2D eigenvalue weighted by Crippen LogP contribution is -2.57. The second-order valence-electron chi connectivity index (χ2n) is 4.89. The first-order chi connectivity index (χ1) is 7.90. The van der Waals surface area contributed by atoms with Gasteiger partial charge in [0, 0.05) is 13.1 Å². The van der Waals surface area contributed by atoms with E-state index in [4.69, 9.17) is 5.11 Å². The molecule has 0 radical (unpaired) electrons. The van der Waals surface area contributed by atoms with Gasteiger partial charge in [-0.15, -0.1) is 0 Å². The summed E-state index contributed by atoms with van der Waals surface area (Å²) in [6.45, 7) is 6.73. The van der Waals surface area contributed by atoms with E-state index in [2.05, 4.69) is 5.32 Å². The van der Waals surface area contributed by atoms with Gasteiger partial charge >= 0.3 is 5.97 Å². The van der Waals surface area contributed by atoms with Crippen molar-refractivity contribution in [2.45, 2.75) is 51.6 Å². The first kappa shape index (κ1) is 14.0. The summed E-state index contributed by atoms with van der Waals surface area (Å²) in [7, 11) is 0. The summed E-state index contributed by atoms with van der Waals surface area (Å²) in [5.41, 5.74) is -1.03. The van der Waals surface area contributed by atoms with Crippen LogP contribution < -0.4 is 5.32 Å². The van der Waals surface area contributed by atoms with Crippen LogP contribution in [0.5, 0.6) is 0 Å². The minimum atomic E-state index is -1.03. The van der Waals surface area contributed by atoms with Crippen LogP contribution in [0.15, 0.2) is 0 Å². The molecule has 0 aromatic heterocycles. The van der Waals surface area contributed by atoms with E-state index in [0.717, 1.165) is 25.9 Å². The van der Waals surface area contributed by atoms with Crippen LogP contribution in [0.4, 0.5) is 0 Å². The highest BCUT2D eigenvalue weighted by molar-refractivity contribution is 5.84. The van der Waals surface area contributed by atoms with Crippen LogP contribution in [0.3, 0.4) is 0 Å².